The van der Waals surface area contributed by atoms with E-state index >= 15 is 0 Å². The van der Waals surface area contributed by atoms with Gasteiger partial charge in [0, 0.05) is 13.1 Å². The number of hydrogen-bond donors (Lipinski definition) is 4. The van der Waals surface area contributed by atoms with Gasteiger partial charge in [-0.2, -0.15) is 0 Å². The van der Waals surface area contributed by atoms with Crippen molar-refractivity contribution < 1.29 is 23.8 Å². The highest BCUT2D eigenvalue weighted by atomic mass is 19.2. The van der Waals surface area contributed by atoms with E-state index in [0.717, 1.165) is 44.0 Å². The molecule has 2 aromatic carbocycles. The van der Waals surface area contributed by atoms with Gasteiger partial charge in [-0.15, -0.1) is 0 Å². The summed E-state index contributed by atoms with van der Waals surface area (Å²) in [6.45, 7) is 8.81. The molecular weight excluding hydrogens is 450 g/mol. The maximum atomic E-state index is 13.0. The molecule has 1 fully saturated rings. The Bertz CT molecular complexity index is 841. The van der Waals surface area contributed by atoms with Crippen molar-refractivity contribution in [3.8, 4) is 11.1 Å². The number of carbonyl (C=O) groups is 1. The van der Waals surface area contributed by atoms with Crippen LogP contribution in [-0.2, 0) is 6.42 Å². The molecule has 0 aromatic heterocycles. The highest BCUT2D eigenvalue weighted by molar-refractivity contribution is 5.64. The summed E-state index contributed by atoms with van der Waals surface area (Å²) in [6, 6.07) is 11.8. The molecule has 196 valence electrons. The van der Waals surface area contributed by atoms with Gasteiger partial charge >= 0.3 is 6.09 Å². The van der Waals surface area contributed by atoms with Gasteiger partial charge in [-0.05, 0) is 60.5 Å². The number of hydrogen-bond acceptors (Lipinski definition) is 3. The van der Waals surface area contributed by atoms with E-state index in [1.807, 2.05) is 24.3 Å². The first-order valence-electron chi connectivity index (χ1n) is 12.7. The molecule has 1 heterocycles. The molecular formula is C28H42F2N2O3. The summed E-state index contributed by atoms with van der Waals surface area (Å²) in [6.07, 6.45) is 6.90. The molecule has 2 atom stereocenters. The van der Waals surface area contributed by atoms with Crippen molar-refractivity contribution in [2.45, 2.75) is 71.8 Å². The number of carboxylic acid groups (broad SMARTS) is 1. The zero-order valence-corrected chi connectivity index (χ0v) is 21.3. The van der Waals surface area contributed by atoms with Crippen molar-refractivity contribution >= 4 is 6.09 Å². The number of aliphatic hydroxyl groups is 1. The summed E-state index contributed by atoms with van der Waals surface area (Å²) in [7, 11) is 0. The minimum Gasteiger partial charge on any atom is -0.465 e. The average molecular weight is 493 g/mol. The number of nitrogens with one attached hydrogen (secondary N) is 2. The first kappa shape index (κ1) is 30.5. The van der Waals surface area contributed by atoms with Crippen LogP contribution < -0.4 is 10.6 Å². The topological polar surface area (TPSA) is 81.6 Å². The molecule has 5 nitrogen and oxygen atoms in total. The van der Waals surface area contributed by atoms with Gasteiger partial charge < -0.3 is 20.8 Å². The zero-order chi connectivity index (χ0) is 26.1. The standard InChI is InChI=1S/C14H12F2.C10H21NO2.C4H9NO/c1-2-10-3-5-11(6-4-10)12-7-8-13(15)14(16)9-12;1-3-4-5-6-9(2)7-8-11-10(12)13;6-4-1-2-5-3-4/h3-9H,2H2,1H3;9,11H,3-8H2,1-2H3,(H,12,13);4-6H,1-3H2. The predicted octanol–water partition coefficient (Wildman–Crippen LogP) is 6.40. The fourth-order valence-corrected chi connectivity index (χ4v) is 3.56. The summed E-state index contributed by atoms with van der Waals surface area (Å²) in [4.78, 5) is 10.1. The lowest BCUT2D eigenvalue weighted by molar-refractivity contribution is 0.193. The van der Waals surface area contributed by atoms with Crippen LogP contribution in [0.4, 0.5) is 13.6 Å². The summed E-state index contributed by atoms with van der Waals surface area (Å²) in [5, 5.41) is 22.4. The van der Waals surface area contributed by atoms with Crippen LogP contribution in [0, 0.1) is 17.6 Å². The molecule has 0 aliphatic carbocycles. The fourth-order valence-electron chi connectivity index (χ4n) is 3.56. The Kier molecular flexibility index (Phi) is 15.6. The molecule has 4 N–H and O–H groups in total. The number of rotatable bonds is 9. The lowest BCUT2D eigenvalue weighted by Crippen LogP contribution is -2.23. The van der Waals surface area contributed by atoms with Crippen molar-refractivity contribution in [2.24, 2.45) is 5.92 Å². The van der Waals surface area contributed by atoms with Crippen LogP contribution in [-0.4, -0.2) is 42.0 Å². The molecule has 3 rings (SSSR count). The van der Waals surface area contributed by atoms with Crippen molar-refractivity contribution in [3.63, 3.8) is 0 Å². The number of aryl methyl sites for hydroxylation is 1. The van der Waals surface area contributed by atoms with Crippen LogP contribution in [0.3, 0.4) is 0 Å². The van der Waals surface area contributed by atoms with Gasteiger partial charge in [-0.25, -0.2) is 13.6 Å². The van der Waals surface area contributed by atoms with Gasteiger partial charge in [-0.3, -0.25) is 0 Å². The molecule has 35 heavy (non-hydrogen) atoms. The molecule has 0 spiro atoms. The summed E-state index contributed by atoms with van der Waals surface area (Å²) in [5.41, 5.74) is 2.82. The zero-order valence-electron chi connectivity index (χ0n) is 21.3. The third-order valence-electron chi connectivity index (χ3n) is 5.86. The molecule has 1 aliphatic heterocycles. The maximum Gasteiger partial charge on any atom is 0.404 e. The van der Waals surface area contributed by atoms with Crippen molar-refractivity contribution in [3.05, 3.63) is 59.7 Å². The van der Waals surface area contributed by atoms with E-state index in [9.17, 15) is 13.6 Å². The second-order valence-corrected chi connectivity index (χ2v) is 8.95. The first-order valence-corrected chi connectivity index (χ1v) is 12.7. The highest BCUT2D eigenvalue weighted by Gasteiger charge is 2.08. The first-order chi connectivity index (χ1) is 16.8. The third kappa shape index (κ3) is 13.8. The lowest BCUT2D eigenvalue weighted by Gasteiger charge is -2.10. The maximum absolute atomic E-state index is 13.0. The van der Waals surface area contributed by atoms with Gasteiger partial charge in [0.15, 0.2) is 11.6 Å². The largest absolute Gasteiger partial charge is 0.465 e. The fraction of sp³-hybridized carbons (Fsp3) is 0.536. The monoisotopic (exact) mass is 492 g/mol. The number of β-amino-alcohol motifs (C(OH)–C–C–N with tert-alkyl or cyclic N) is 1. The molecule has 1 saturated heterocycles. The number of amides is 1. The van der Waals surface area contributed by atoms with Gasteiger partial charge in [0.25, 0.3) is 0 Å². The summed E-state index contributed by atoms with van der Waals surface area (Å²) >= 11 is 0. The minimum atomic E-state index is -0.916. The summed E-state index contributed by atoms with van der Waals surface area (Å²) < 4.78 is 25.8. The highest BCUT2D eigenvalue weighted by Crippen LogP contribution is 2.22. The SMILES string of the molecule is CCCCCC(C)CCNC(=O)O.CCc1ccc(-c2ccc(F)c(F)c2)cc1.OC1CCNC1. The Labute approximate surface area is 209 Å². The van der Waals surface area contributed by atoms with Gasteiger partial charge in [0.2, 0.25) is 0 Å². The molecule has 0 radical (unpaired) electrons. The van der Waals surface area contributed by atoms with Gasteiger partial charge in [-0.1, -0.05) is 76.8 Å². The Hall–Kier alpha value is -2.51. The Balaban J connectivity index is 0.000000288. The summed E-state index contributed by atoms with van der Waals surface area (Å²) in [5.74, 6) is -0.982. The molecule has 2 unspecified atom stereocenters. The van der Waals surface area contributed by atoms with Crippen molar-refractivity contribution in [1.29, 1.82) is 0 Å². The van der Waals surface area contributed by atoms with Crippen LogP contribution in [0.1, 0.15) is 64.9 Å². The van der Waals surface area contributed by atoms with Crippen LogP contribution in [0.2, 0.25) is 0 Å². The van der Waals surface area contributed by atoms with E-state index in [4.69, 9.17) is 10.2 Å². The van der Waals surface area contributed by atoms with E-state index in [-0.39, 0.29) is 6.10 Å². The van der Waals surface area contributed by atoms with Crippen LogP contribution >= 0.6 is 0 Å². The normalized spacial score (nSPS) is 15.3. The van der Waals surface area contributed by atoms with E-state index in [1.165, 1.54) is 37.3 Å². The second kappa shape index (κ2) is 17.9. The van der Waals surface area contributed by atoms with Crippen molar-refractivity contribution in [2.75, 3.05) is 19.6 Å². The van der Waals surface area contributed by atoms with E-state index < -0.39 is 17.7 Å². The van der Waals surface area contributed by atoms with Crippen LogP contribution in [0.15, 0.2) is 42.5 Å². The van der Waals surface area contributed by atoms with Crippen LogP contribution in [0.5, 0.6) is 0 Å². The molecule has 0 saturated carbocycles. The number of halogens is 2. The van der Waals surface area contributed by atoms with Gasteiger partial charge in [0.1, 0.15) is 0 Å². The Morgan fingerprint density at radius 3 is 2.23 bits per heavy atom. The third-order valence-corrected chi connectivity index (χ3v) is 5.86. The number of unbranched alkanes of at least 4 members (excludes halogenated alkanes) is 2. The quantitative estimate of drug-likeness (QED) is 0.306. The van der Waals surface area contributed by atoms with E-state index in [0.29, 0.717) is 18.0 Å². The molecule has 2 aromatic rings. The molecule has 1 aliphatic rings. The lowest BCUT2D eigenvalue weighted by atomic mass is 10.0. The average Bonchev–Trinajstić information content (AvgIpc) is 3.32. The minimum absolute atomic E-state index is 0.0648. The number of aliphatic hydroxyl groups excluding tert-OH is 1. The van der Waals surface area contributed by atoms with Crippen LogP contribution in [0.25, 0.3) is 11.1 Å². The Morgan fingerprint density at radius 1 is 1.06 bits per heavy atom. The van der Waals surface area contributed by atoms with Gasteiger partial charge in [0.05, 0.1) is 6.10 Å². The Morgan fingerprint density at radius 2 is 1.74 bits per heavy atom. The van der Waals surface area contributed by atoms with Crippen molar-refractivity contribution in [1.82, 2.24) is 10.6 Å². The predicted molar refractivity (Wildman–Crippen MR) is 139 cm³/mol. The molecule has 0 bridgehead atoms. The molecule has 7 heteroatoms. The van der Waals surface area contributed by atoms with E-state index in [2.05, 4.69) is 31.4 Å². The van der Waals surface area contributed by atoms with E-state index in [1.54, 1.807) is 6.07 Å². The number of benzene rings is 2. The smallest absolute Gasteiger partial charge is 0.404 e. The molecule has 1 amide bonds. The second-order valence-electron chi connectivity index (χ2n) is 8.95.